The summed E-state index contributed by atoms with van der Waals surface area (Å²) in [7, 11) is 0. The number of hydrogen-bond donors (Lipinski definition) is 1. The third kappa shape index (κ3) is 3.00. The number of nitrogens with one attached hydrogen (secondary N) is 1. The second kappa shape index (κ2) is 6.74. The molecular weight excluding hydrogens is 359 g/mol. The molecule has 4 aromatic rings. The molecule has 1 N–H and O–H groups in total. The van der Waals surface area contributed by atoms with Crippen LogP contribution in [-0.4, -0.2) is 10.9 Å². The van der Waals surface area contributed by atoms with E-state index in [-0.39, 0.29) is 5.69 Å². The van der Waals surface area contributed by atoms with Crippen molar-refractivity contribution in [2.24, 2.45) is 0 Å². The maximum atomic E-state index is 14.1. The lowest BCUT2D eigenvalue weighted by Gasteiger charge is -2.10. The van der Waals surface area contributed by atoms with Crippen LogP contribution in [0.25, 0.3) is 21.9 Å². The van der Waals surface area contributed by atoms with Crippen molar-refractivity contribution in [3.63, 3.8) is 0 Å². The van der Waals surface area contributed by atoms with Crippen LogP contribution >= 0.6 is 11.6 Å². The highest BCUT2D eigenvalue weighted by molar-refractivity contribution is 6.30. The Hall–Kier alpha value is -2.96. The van der Waals surface area contributed by atoms with Crippen LogP contribution in [0.1, 0.15) is 22.4 Å². The Balaban J connectivity index is 1.59. The number of amides is 1. The minimum atomic E-state index is -1.92. The van der Waals surface area contributed by atoms with Gasteiger partial charge in [0.1, 0.15) is 16.9 Å². The first-order chi connectivity index (χ1) is 12.6. The summed E-state index contributed by atoms with van der Waals surface area (Å²) in [4.78, 5) is 21.1. The minimum Gasteiger partial charge on any atom is -0.456 e. The van der Waals surface area contributed by atoms with E-state index in [0.29, 0.717) is 27.1 Å². The number of aromatic nitrogens is 1. The topological polar surface area (TPSA) is 64.4 Å². The zero-order chi connectivity index (χ0) is 18.1. The molecule has 4 rings (SSSR count). The third-order valence-corrected chi connectivity index (χ3v) is 4.11. The Morgan fingerprint density at radius 2 is 1.92 bits per heavy atom. The number of pyridine rings is 1. The molecule has 0 aliphatic heterocycles. The first-order valence-corrected chi connectivity index (χ1v) is 8.13. The Bertz CT molecular complexity index is 1100. The summed E-state index contributed by atoms with van der Waals surface area (Å²) < 4.78 is 19.8. The largest absolute Gasteiger partial charge is 0.456 e. The maximum absolute atomic E-state index is 14.1. The molecule has 2 aromatic heterocycles. The number of hydroxylamine groups is 1. The average Bonchev–Trinajstić information content (AvgIpc) is 3.05. The molecule has 0 spiro atoms. The standard InChI is InChI=1S/C19H12ClFN2O3/c20-11-8-9-14(22-10-11)18(21)26-23-19(24)13-5-3-7-16-17(13)12-4-1-2-6-15(12)25-16/h1-10,18H,(H,23,24). The van der Waals surface area contributed by atoms with Gasteiger partial charge in [-0.2, -0.15) is 0 Å². The highest BCUT2D eigenvalue weighted by Crippen LogP contribution is 2.31. The lowest BCUT2D eigenvalue weighted by atomic mass is 10.1. The van der Waals surface area contributed by atoms with Gasteiger partial charge in [-0.25, -0.2) is 14.7 Å². The predicted molar refractivity (Wildman–Crippen MR) is 95.4 cm³/mol. The number of benzene rings is 2. The summed E-state index contributed by atoms with van der Waals surface area (Å²) in [6.07, 6.45) is -0.621. The Labute approximate surface area is 152 Å². The van der Waals surface area contributed by atoms with Crippen molar-refractivity contribution in [1.82, 2.24) is 10.5 Å². The molecule has 1 atom stereocenters. The van der Waals surface area contributed by atoms with Crippen molar-refractivity contribution in [2.75, 3.05) is 0 Å². The molecule has 0 saturated heterocycles. The Morgan fingerprint density at radius 3 is 2.73 bits per heavy atom. The van der Waals surface area contributed by atoms with Gasteiger partial charge >= 0.3 is 0 Å². The van der Waals surface area contributed by atoms with Crippen LogP contribution in [0.15, 0.2) is 65.2 Å². The smallest absolute Gasteiger partial charge is 0.275 e. The van der Waals surface area contributed by atoms with E-state index in [1.807, 2.05) is 24.3 Å². The minimum absolute atomic E-state index is 0.00155. The van der Waals surface area contributed by atoms with E-state index < -0.39 is 12.3 Å². The maximum Gasteiger partial charge on any atom is 0.275 e. The molecule has 5 nitrogen and oxygen atoms in total. The molecule has 2 aromatic carbocycles. The van der Waals surface area contributed by atoms with E-state index in [1.54, 1.807) is 18.2 Å². The van der Waals surface area contributed by atoms with Crippen LogP contribution < -0.4 is 5.48 Å². The lowest BCUT2D eigenvalue weighted by Crippen LogP contribution is -2.25. The van der Waals surface area contributed by atoms with Crippen molar-refractivity contribution in [2.45, 2.75) is 6.36 Å². The van der Waals surface area contributed by atoms with Crippen LogP contribution in [0.3, 0.4) is 0 Å². The number of fused-ring (bicyclic) bond motifs is 3. The molecule has 0 aliphatic rings. The number of halogens is 2. The Kier molecular flexibility index (Phi) is 4.28. The zero-order valence-corrected chi connectivity index (χ0v) is 14.0. The van der Waals surface area contributed by atoms with Gasteiger partial charge in [-0.3, -0.25) is 9.78 Å². The lowest BCUT2D eigenvalue weighted by molar-refractivity contribution is -0.0892. The quantitative estimate of drug-likeness (QED) is 0.515. The molecule has 0 saturated carbocycles. The van der Waals surface area contributed by atoms with Crippen LogP contribution in [0.5, 0.6) is 0 Å². The van der Waals surface area contributed by atoms with Gasteiger partial charge in [0.25, 0.3) is 12.3 Å². The first kappa shape index (κ1) is 16.5. The van der Waals surface area contributed by atoms with E-state index in [4.69, 9.17) is 20.9 Å². The van der Waals surface area contributed by atoms with Gasteiger partial charge in [-0.1, -0.05) is 35.9 Å². The van der Waals surface area contributed by atoms with E-state index in [1.165, 1.54) is 18.3 Å². The number of nitrogens with zero attached hydrogens (tertiary/aromatic N) is 1. The molecule has 0 fully saturated rings. The second-order valence-electron chi connectivity index (χ2n) is 5.54. The van der Waals surface area contributed by atoms with Crippen molar-refractivity contribution < 1.29 is 18.4 Å². The van der Waals surface area contributed by atoms with Gasteiger partial charge in [-0.15, -0.1) is 0 Å². The fourth-order valence-electron chi connectivity index (χ4n) is 2.71. The summed E-state index contributed by atoms with van der Waals surface area (Å²) in [6.45, 7) is 0. The molecule has 0 bridgehead atoms. The van der Waals surface area contributed by atoms with Gasteiger partial charge in [0, 0.05) is 17.0 Å². The van der Waals surface area contributed by atoms with Crippen molar-refractivity contribution >= 4 is 39.4 Å². The van der Waals surface area contributed by atoms with Crippen molar-refractivity contribution in [3.8, 4) is 0 Å². The number of rotatable bonds is 4. The second-order valence-corrected chi connectivity index (χ2v) is 5.98. The molecular formula is C19H12ClFN2O3. The molecule has 2 heterocycles. The zero-order valence-electron chi connectivity index (χ0n) is 13.3. The number of carbonyl (C=O) groups excluding carboxylic acids is 1. The highest BCUT2D eigenvalue weighted by Gasteiger charge is 2.18. The number of furan rings is 1. The normalized spacial score (nSPS) is 12.4. The average molecular weight is 371 g/mol. The number of carbonyl (C=O) groups is 1. The molecule has 1 amide bonds. The van der Waals surface area contributed by atoms with Crippen LogP contribution in [0, 0.1) is 0 Å². The van der Waals surface area contributed by atoms with E-state index in [0.717, 1.165) is 5.39 Å². The van der Waals surface area contributed by atoms with Crippen molar-refractivity contribution in [3.05, 3.63) is 77.1 Å². The Morgan fingerprint density at radius 1 is 1.12 bits per heavy atom. The van der Waals surface area contributed by atoms with Crippen LogP contribution in [0.2, 0.25) is 5.02 Å². The van der Waals surface area contributed by atoms with Crippen LogP contribution in [0.4, 0.5) is 4.39 Å². The first-order valence-electron chi connectivity index (χ1n) is 7.75. The highest BCUT2D eigenvalue weighted by atomic mass is 35.5. The van der Waals surface area contributed by atoms with E-state index in [2.05, 4.69) is 10.5 Å². The third-order valence-electron chi connectivity index (χ3n) is 3.89. The fourth-order valence-corrected chi connectivity index (χ4v) is 2.82. The van der Waals surface area contributed by atoms with E-state index >= 15 is 0 Å². The molecule has 0 radical (unpaired) electrons. The van der Waals surface area contributed by atoms with Crippen LogP contribution in [-0.2, 0) is 4.84 Å². The summed E-state index contributed by atoms with van der Waals surface area (Å²) in [6, 6.07) is 15.3. The van der Waals surface area contributed by atoms with Gasteiger partial charge in [0.2, 0.25) is 0 Å². The molecule has 1 unspecified atom stereocenters. The SMILES string of the molecule is O=C(NOC(F)c1ccc(Cl)cn1)c1cccc2oc3ccccc3c12. The molecule has 7 heteroatoms. The summed E-state index contributed by atoms with van der Waals surface area (Å²) in [5, 5.41) is 1.82. The van der Waals surface area contributed by atoms with Gasteiger partial charge in [-0.05, 0) is 30.3 Å². The summed E-state index contributed by atoms with van der Waals surface area (Å²) >= 11 is 5.71. The fraction of sp³-hybridized carbons (Fsp3) is 0.0526. The van der Waals surface area contributed by atoms with Gasteiger partial charge < -0.3 is 4.42 Å². The van der Waals surface area contributed by atoms with Gasteiger partial charge in [0.15, 0.2) is 0 Å². The molecule has 26 heavy (non-hydrogen) atoms. The molecule has 0 aliphatic carbocycles. The van der Waals surface area contributed by atoms with E-state index in [9.17, 15) is 9.18 Å². The summed E-state index contributed by atoms with van der Waals surface area (Å²) in [5.41, 5.74) is 3.68. The predicted octanol–water partition coefficient (Wildman–Crippen LogP) is 4.96. The molecule has 130 valence electrons. The number of para-hydroxylation sites is 1. The van der Waals surface area contributed by atoms with Gasteiger partial charge in [0.05, 0.1) is 10.6 Å². The number of alkyl halides is 1. The monoisotopic (exact) mass is 370 g/mol. The summed E-state index contributed by atoms with van der Waals surface area (Å²) in [5.74, 6) is -0.584. The number of hydrogen-bond acceptors (Lipinski definition) is 4. The van der Waals surface area contributed by atoms with Crippen molar-refractivity contribution in [1.29, 1.82) is 0 Å².